The van der Waals surface area contributed by atoms with Crippen LogP contribution in [0, 0.1) is 5.82 Å². The summed E-state index contributed by atoms with van der Waals surface area (Å²) in [6.07, 6.45) is 0.860. The fourth-order valence-corrected chi connectivity index (χ4v) is 2.44. The molecule has 0 spiro atoms. The topological polar surface area (TPSA) is 85.3 Å². The molecule has 0 bridgehead atoms. The molecule has 2 aromatic carbocycles. The van der Waals surface area contributed by atoms with Crippen molar-refractivity contribution in [1.82, 2.24) is 0 Å². The Morgan fingerprint density at radius 3 is 2.50 bits per heavy atom. The Hall–Kier alpha value is -3.15. The van der Waals surface area contributed by atoms with Gasteiger partial charge in [0.1, 0.15) is 17.1 Å². The van der Waals surface area contributed by atoms with Gasteiger partial charge in [0.25, 0.3) is 11.8 Å². The van der Waals surface area contributed by atoms with Gasteiger partial charge in [0, 0.05) is 10.9 Å². The highest BCUT2D eigenvalue weighted by molar-refractivity contribution is 6.14. The highest BCUT2D eigenvalue weighted by Crippen LogP contribution is 2.31. The number of anilines is 1. The summed E-state index contributed by atoms with van der Waals surface area (Å²) in [5.41, 5.74) is 7.14. The first-order valence-corrected chi connectivity index (χ1v) is 7.41. The molecule has 0 radical (unpaired) electrons. The van der Waals surface area contributed by atoms with Crippen molar-refractivity contribution < 1.29 is 18.4 Å². The molecule has 2 amide bonds. The van der Waals surface area contributed by atoms with E-state index >= 15 is 0 Å². The first-order chi connectivity index (χ1) is 11.5. The van der Waals surface area contributed by atoms with Gasteiger partial charge >= 0.3 is 0 Å². The van der Waals surface area contributed by atoms with Gasteiger partial charge < -0.3 is 15.5 Å². The van der Waals surface area contributed by atoms with Gasteiger partial charge in [0.05, 0.1) is 0 Å². The van der Waals surface area contributed by atoms with E-state index in [4.69, 9.17) is 10.2 Å². The van der Waals surface area contributed by atoms with Crippen molar-refractivity contribution >= 4 is 28.5 Å². The first kappa shape index (κ1) is 15.7. The van der Waals surface area contributed by atoms with Crippen LogP contribution in [0.5, 0.6) is 0 Å². The van der Waals surface area contributed by atoms with Crippen LogP contribution in [-0.2, 0) is 6.42 Å². The van der Waals surface area contributed by atoms with Crippen molar-refractivity contribution in [1.29, 1.82) is 0 Å². The van der Waals surface area contributed by atoms with E-state index in [-0.39, 0.29) is 22.4 Å². The molecule has 0 aliphatic carbocycles. The molecule has 3 N–H and O–H groups in total. The third-order valence-electron chi connectivity index (χ3n) is 3.74. The normalized spacial score (nSPS) is 10.8. The molecule has 122 valence electrons. The predicted octanol–water partition coefficient (Wildman–Crippen LogP) is 3.49. The number of carbonyl (C=O) groups excluding carboxylic acids is 2. The minimum absolute atomic E-state index is 0.0709. The molecular weight excluding hydrogens is 311 g/mol. The van der Waals surface area contributed by atoms with E-state index in [1.54, 1.807) is 12.1 Å². The number of aryl methyl sites for hydroxylation is 1. The van der Waals surface area contributed by atoms with Crippen LogP contribution in [-0.4, -0.2) is 11.8 Å². The monoisotopic (exact) mass is 326 g/mol. The molecule has 0 saturated heterocycles. The third kappa shape index (κ3) is 2.86. The van der Waals surface area contributed by atoms with Crippen LogP contribution in [0.3, 0.4) is 0 Å². The summed E-state index contributed by atoms with van der Waals surface area (Å²) < 4.78 is 18.8. The second kappa shape index (κ2) is 6.16. The molecule has 0 unspecified atom stereocenters. The zero-order chi connectivity index (χ0) is 17.3. The number of halogens is 1. The van der Waals surface area contributed by atoms with Crippen LogP contribution in [0.25, 0.3) is 11.0 Å². The highest BCUT2D eigenvalue weighted by atomic mass is 19.1. The third-order valence-corrected chi connectivity index (χ3v) is 3.74. The average Bonchev–Trinajstić information content (AvgIpc) is 2.93. The van der Waals surface area contributed by atoms with Crippen LogP contribution in [0.1, 0.15) is 33.4 Å². The van der Waals surface area contributed by atoms with Crippen LogP contribution >= 0.6 is 0 Å². The summed E-state index contributed by atoms with van der Waals surface area (Å²) in [7, 11) is 0. The first-order valence-electron chi connectivity index (χ1n) is 7.41. The molecule has 1 heterocycles. The van der Waals surface area contributed by atoms with Crippen molar-refractivity contribution in [3.63, 3.8) is 0 Å². The second-order valence-electron chi connectivity index (χ2n) is 5.32. The number of furan rings is 1. The maximum Gasteiger partial charge on any atom is 0.286 e. The highest BCUT2D eigenvalue weighted by Gasteiger charge is 2.21. The number of benzene rings is 2. The van der Waals surface area contributed by atoms with Crippen molar-refractivity contribution in [2.45, 2.75) is 13.3 Å². The van der Waals surface area contributed by atoms with E-state index in [0.717, 1.165) is 12.0 Å². The zero-order valence-electron chi connectivity index (χ0n) is 12.9. The molecule has 0 aliphatic heterocycles. The van der Waals surface area contributed by atoms with E-state index in [9.17, 15) is 14.0 Å². The molecule has 1 aromatic heterocycles. The Labute approximate surface area is 137 Å². The lowest BCUT2D eigenvalue weighted by Crippen LogP contribution is -2.17. The molecule has 6 heteroatoms. The van der Waals surface area contributed by atoms with Crippen LogP contribution in [0.4, 0.5) is 10.1 Å². The number of rotatable bonds is 4. The van der Waals surface area contributed by atoms with Crippen LogP contribution in [0.15, 0.2) is 46.9 Å². The molecule has 0 atom stereocenters. The molecule has 0 aliphatic rings. The average molecular weight is 326 g/mol. The maximum absolute atomic E-state index is 13.5. The standard InChI is InChI=1S/C18H15FN2O3/c1-2-10-3-5-11(6-4-10)18(23)21-15-13-9-12(19)7-8-14(13)24-16(15)17(20)22/h3-9H,2H2,1H3,(H2,20,22)(H,21,23). The second-order valence-corrected chi connectivity index (χ2v) is 5.32. The van der Waals surface area contributed by atoms with Crippen molar-refractivity contribution in [3.8, 4) is 0 Å². The van der Waals surface area contributed by atoms with E-state index in [1.807, 2.05) is 19.1 Å². The van der Waals surface area contributed by atoms with Crippen LogP contribution in [0.2, 0.25) is 0 Å². The van der Waals surface area contributed by atoms with Gasteiger partial charge in [-0.1, -0.05) is 19.1 Å². The lowest BCUT2D eigenvalue weighted by atomic mass is 10.1. The number of hydrogen-bond acceptors (Lipinski definition) is 3. The van der Waals surface area contributed by atoms with Crippen molar-refractivity contribution in [2.24, 2.45) is 5.73 Å². The largest absolute Gasteiger partial charge is 0.449 e. The van der Waals surface area contributed by atoms with Gasteiger partial charge in [-0.3, -0.25) is 9.59 Å². The van der Waals surface area contributed by atoms with Crippen LogP contribution < -0.4 is 11.1 Å². The quantitative estimate of drug-likeness (QED) is 0.769. The van der Waals surface area contributed by atoms with E-state index in [1.165, 1.54) is 18.2 Å². The number of hydrogen-bond donors (Lipinski definition) is 2. The summed E-state index contributed by atoms with van der Waals surface area (Å²) in [5, 5.41) is 2.88. The van der Waals surface area contributed by atoms with E-state index in [0.29, 0.717) is 5.56 Å². The summed E-state index contributed by atoms with van der Waals surface area (Å²) in [6.45, 7) is 2.01. The SMILES string of the molecule is CCc1ccc(C(=O)Nc2c(C(N)=O)oc3ccc(F)cc23)cc1. The number of fused-ring (bicyclic) bond motifs is 1. The molecule has 24 heavy (non-hydrogen) atoms. The van der Waals surface area contributed by atoms with Gasteiger partial charge in [0.15, 0.2) is 0 Å². The Balaban J connectivity index is 2.01. The summed E-state index contributed by atoms with van der Waals surface area (Å²) >= 11 is 0. The fraction of sp³-hybridized carbons (Fsp3) is 0.111. The van der Waals surface area contributed by atoms with Gasteiger partial charge in [-0.05, 0) is 42.3 Å². The Bertz CT molecular complexity index is 929. The number of nitrogens with two attached hydrogens (primary N) is 1. The van der Waals surface area contributed by atoms with Gasteiger partial charge in [0.2, 0.25) is 5.76 Å². The molecular formula is C18H15FN2O3. The lowest BCUT2D eigenvalue weighted by molar-refractivity contribution is 0.0977. The predicted molar refractivity (Wildman–Crippen MR) is 88.5 cm³/mol. The minimum Gasteiger partial charge on any atom is -0.449 e. The number of carbonyl (C=O) groups is 2. The fourth-order valence-electron chi connectivity index (χ4n) is 2.44. The summed E-state index contributed by atoms with van der Waals surface area (Å²) in [5.74, 6) is -2.01. The van der Waals surface area contributed by atoms with Crippen molar-refractivity contribution in [3.05, 3.63) is 65.2 Å². The Morgan fingerprint density at radius 2 is 1.88 bits per heavy atom. The van der Waals surface area contributed by atoms with Gasteiger partial charge in [-0.15, -0.1) is 0 Å². The number of primary amides is 1. The van der Waals surface area contributed by atoms with Gasteiger partial charge in [-0.2, -0.15) is 0 Å². The lowest BCUT2D eigenvalue weighted by Gasteiger charge is -2.06. The minimum atomic E-state index is -0.844. The molecule has 0 saturated carbocycles. The van der Waals surface area contributed by atoms with E-state index in [2.05, 4.69) is 5.32 Å². The van der Waals surface area contributed by atoms with Crippen molar-refractivity contribution in [2.75, 3.05) is 5.32 Å². The number of nitrogens with one attached hydrogen (secondary N) is 1. The number of amides is 2. The zero-order valence-corrected chi connectivity index (χ0v) is 12.9. The van der Waals surface area contributed by atoms with Gasteiger partial charge in [-0.25, -0.2) is 4.39 Å². The molecule has 3 rings (SSSR count). The molecule has 3 aromatic rings. The summed E-state index contributed by atoms with van der Waals surface area (Å²) in [6, 6.07) is 10.8. The smallest absolute Gasteiger partial charge is 0.286 e. The Morgan fingerprint density at radius 1 is 1.17 bits per heavy atom. The molecule has 0 fully saturated rings. The van der Waals surface area contributed by atoms with E-state index < -0.39 is 17.6 Å². The molecule has 5 nitrogen and oxygen atoms in total. The summed E-state index contributed by atoms with van der Waals surface area (Å²) in [4.78, 5) is 24.0. The Kier molecular flexibility index (Phi) is 4.04. The maximum atomic E-state index is 13.5.